The van der Waals surface area contributed by atoms with Crippen molar-refractivity contribution in [3.63, 3.8) is 0 Å². The van der Waals surface area contributed by atoms with Crippen molar-refractivity contribution in [3.8, 4) is 5.75 Å². The zero-order valence-corrected chi connectivity index (χ0v) is 79.0. The fourth-order valence-corrected chi connectivity index (χ4v) is 14.7. The van der Waals surface area contributed by atoms with Crippen LogP contribution in [0.2, 0.25) is 0 Å². The van der Waals surface area contributed by atoms with Crippen molar-refractivity contribution in [2.75, 3.05) is 51.3 Å². The molecule has 43 nitrogen and oxygen atoms in total. The van der Waals surface area contributed by atoms with Gasteiger partial charge in [0.1, 0.15) is 84.3 Å². The number of aliphatic hydroxyl groups is 1. The van der Waals surface area contributed by atoms with E-state index >= 15 is 0 Å². The summed E-state index contributed by atoms with van der Waals surface area (Å²) < 4.78 is 0. The van der Waals surface area contributed by atoms with Crippen molar-refractivity contribution in [1.29, 1.82) is 10.8 Å². The molecular weight excluding hydrogens is 1730 g/mol. The molecule has 0 saturated heterocycles. The van der Waals surface area contributed by atoms with Crippen LogP contribution >= 0.6 is 11.8 Å². The molecule has 2 aromatic rings. The molecule has 132 heavy (non-hydrogen) atoms. The van der Waals surface area contributed by atoms with E-state index in [9.17, 15) is 87.2 Å². The molecule has 13 atom stereocenters. The molecule has 2 rings (SSSR count). The maximum Gasteiger partial charge on any atom is 0.305 e. The molecule has 33 N–H and O–H groups in total. The number of aromatic hydroxyl groups is 1. The molecule has 0 spiro atoms. The van der Waals surface area contributed by atoms with E-state index in [2.05, 4.69) is 96.6 Å². The summed E-state index contributed by atoms with van der Waals surface area (Å²) in [6.07, 6.45) is 20.2. The number of carbonyl (C=O) groups excluding carboxylic acids is 14. The fourth-order valence-electron chi connectivity index (χ4n) is 14.2. The molecule has 1 aromatic heterocycles. The Bertz CT molecular complexity index is 3850. The highest BCUT2D eigenvalue weighted by molar-refractivity contribution is 7.98. The van der Waals surface area contributed by atoms with Crippen molar-refractivity contribution >= 4 is 112 Å². The highest BCUT2D eigenvalue weighted by Gasteiger charge is 2.39. The lowest BCUT2D eigenvalue weighted by atomic mass is 10.0. The Morgan fingerprint density at radius 1 is 0.409 bits per heavy atom. The highest BCUT2D eigenvalue weighted by atomic mass is 32.2. The molecule has 1 aromatic carbocycles. The first-order chi connectivity index (χ1) is 62.9. The van der Waals surface area contributed by atoms with Crippen LogP contribution in [0.4, 0.5) is 0 Å². The van der Waals surface area contributed by atoms with E-state index in [1.165, 1.54) is 107 Å². The average molecular weight is 1880 g/mol. The lowest BCUT2D eigenvalue weighted by Gasteiger charge is -2.28. The van der Waals surface area contributed by atoms with Crippen LogP contribution in [0.15, 0.2) is 36.8 Å². The molecule has 0 aliphatic heterocycles. The number of guanidine groups is 2. The summed E-state index contributed by atoms with van der Waals surface area (Å²) in [5.74, 6) is -15.5. The summed E-state index contributed by atoms with van der Waals surface area (Å²) in [5, 5.41) is 85.4. The standard InChI is InChI=1S/C88H155N25O18S/c1-8-9-10-11-12-13-14-15-16-17-18-19-20-34-72(116)102-60(29-21-24-40-89)77(122)103-61(30-22-25-41-90)78(123)110-67(46-54(2)3)82(127)105-64(33-28-44-99-88(95)96)81(126)113-71(52-114)86(131)107-65(39-45-132-7)76(121)101-56(6)75(120)109-70(50-73(117)118)85(130)104-62(31-23-26-42-91)79(124)112-69(48-57-35-37-59(115)38-36-57)84(129)106-63(32-27-43-98-87(93)94)80(125)111-68(47-55(4)5)83(128)108-66(74(92)119)49-58-51-97-53-100-58/h35-38,51,53-56,60-71,114-115H,8-34,39-50,52,89-91H2,1-7H3,(H2,92,119)(H,97,100)(H,101,121)(H,102,116)(H,103,122)(H,104,130)(H,105,127)(H,106,129)(H,107,131)(H,108,128)(H,109,120)(H,110,123)(H,111,125)(H,112,124)(H,113,126)(H,117,118)(H4,93,94,98)(H4,95,96,99)/t56-,60+,61+,62+,63+,64+,65+,66+,67+,68+,69+,70+,71-/m1/s1. The number of phenols is 1. The quantitative estimate of drug-likeness (QED) is 0.0224. The van der Waals surface area contributed by atoms with Gasteiger partial charge in [-0.3, -0.25) is 82.7 Å². The minimum atomic E-state index is -1.98. The third kappa shape index (κ3) is 51.1. The van der Waals surface area contributed by atoms with Gasteiger partial charge in [-0.2, -0.15) is 11.8 Å². The molecule has 0 unspecified atom stereocenters. The number of unbranched alkanes of at least 4 members (excludes halogenated alkanes) is 15. The van der Waals surface area contributed by atoms with Crippen LogP contribution in [-0.2, 0) is 84.8 Å². The number of aliphatic carboxylic acids is 1. The lowest BCUT2D eigenvalue weighted by molar-refractivity contribution is -0.141. The molecule has 14 amide bonds. The number of nitrogens with zero attached hydrogens (tertiary/aromatic N) is 1. The molecule has 746 valence electrons. The number of hydrogen-bond donors (Lipinski definition) is 27. The Labute approximate surface area is 779 Å². The van der Waals surface area contributed by atoms with Gasteiger partial charge < -0.3 is 134 Å². The fraction of sp³-hybridized carbons (Fsp3) is 0.705. The number of imidazole rings is 1. The normalized spacial score (nSPS) is 14.2. The van der Waals surface area contributed by atoms with Crippen molar-refractivity contribution in [3.05, 3.63) is 48.0 Å². The molecule has 0 bridgehead atoms. The minimum Gasteiger partial charge on any atom is -0.508 e. The summed E-state index contributed by atoms with van der Waals surface area (Å²) in [6, 6.07) is -13.8. The van der Waals surface area contributed by atoms with Gasteiger partial charge in [0, 0.05) is 38.5 Å². The van der Waals surface area contributed by atoms with Crippen LogP contribution in [0.5, 0.6) is 5.75 Å². The number of nitrogens with one attached hydrogen (secondary N) is 18. The molecule has 1 heterocycles. The Morgan fingerprint density at radius 2 is 0.758 bits per heavy atom. The number of thioether (sulfide) groups is 1. The van der Waals surface area contributed by atoms with E-state index in [4.69, 9.17) is 45.2 Å². The van der Waals surface area contributed by atoms with Gasteiger partial charge in [-0.15, -0.1) is 0 Å². The zero-order chi connectivity index (χ0) is 98.5. The Balaban J connectivity index is 2.46. The summed E-state index contributed by atoms with van der Waals surface area (Å²) in [7, 11) is 0. The van der Waals surface area contributed by atoms with Gasteiger partial charge in [0.05, 0.1) is 25.0 Å². The van der Waals surface area contributed by atoms with E-state index in [1.54, 1.807) is 34.0 Å². The number of aliphatic hydroxyl groups excluding tert-OH is 1. The Morgan fingerprint density at radius 3 is 1.14 bits per heavy atom. The highest BCUT2D eigenvalue weighted by Crippen LogP contribution is 2.19. The summed E-state index contributed by atoms with van der Waals surface area (Å²) in [6.45, 7) is 10.2. The second-order valence-corrected chi connectivity index (χ2v) is 35.2. The number of primary amides is 1. The first-order valence-electron chi connectivity index (χ1n) is 46.5. The number of amides is 14. The number of carboxylic acid groups (broad SMARTS) is 1. The van der Waals surface area contributed by atoms with Crippen LogP contribution in [0, 0.1) is 22.7 Å². The molecule has 0 aliphatic carbocycles. The van der Waals surface area contributed by atoms with E-state index in [-0.39, 0.29) is 152 Å². The van der Waals surface area contributed by atoms with Gasteiger partial charge in [0.2, 0.25) is 82.7 Å². The summed E-state index contributed by atoms with van der Waals surface area (Å²) in [4.78, 5) is 218. The van der Waals surface area contributed by atoms with Gasteiger partial charge in [-0.05, 0) is 177 Å². The zero-order valence-electron chi connectivity index (χ0n) is 78.2. The van der Waals surface area contributed by atoms with Crippen LogP contribution in [-0.4, -0.2) is 256 Å². The van der Waals surface area contributed by atoms with Crippen molar-refractivity contribution in [1.82, 2.24) is 89.7 Å². The third-order valence-electron chi connectivity index (χ3n) is 21.6. The molecule has 0 fully saturated rings. The van der Waals surface area contributed by atoms with Crippen LogP contribution < -0.4 is 114 Å². The van der Waals surface area contributed by atoms with Crippen molar-refractivity contribution in [2.24, 2.45) is 46.2 Å². The largest absolute Gasteiger partial charge is 0.508 e. The molecule has 0 radical (unpaired) electrons. The maximum absolute atomic E-state index is 14.8. The monoisotopic (exact) mass is 1880 g/mol. The van der Waals surface area contributed by atoms with Gasteiger partial charge in [-0.25, -0.2) is 4.98 Å². The summed E-state index contributed by atoms with van der Waals surface area (Å²) in [5.41, 5.74) is 35.0. The SMILES string of the molecule is CCCCCCCCCCCCCCCC(=O)N[C@@H](CCCCN)C(=O)N[C@@H](CCCCN)C(=O)N[C@@H](CC(C)C)C(=O)N[C@@H](CCCNC(=N)N)C(=O)N[C@H](CO)C(=O)N[C@@H](CCSC)C(=O)N[C@H](C)C(=O)N[C@@H](CC(=O)O)C(=O)N[C@@H](CCCCN)C(=O)N[C@@H](Cc1ccc(O)cc1)C(=O)N[C@@H](CCCNC(=N)N)C(=O)N[C@@H](CC(C)C)C(=O)N[C@@H](Cc1c[nH]cn1)C(N)=O. The van der Waals surface area contributed by atoms with Crippen molar-refractivity contribution in [2.45, 2.75) is 332 Å². The summed E-state index contributed by atoms with van der Waals surface area (Å²) >= 11 is 1.25. The number of rotatable bonds is 74. The Kier molecular flexibility index (Phi) is 60.4. The molecule has 0 saturated carbocycles. The number of carboxylic acids is 1. The van der Waals surface area contributed by atoms with Gasteiger partial charge in [0.25, 0.3) is 0 Å². The van der Waals surface area contributed by atoms with E-state index in [1.807, 2.05) is 0 Å². The third-order valence-corrected chi connectivity index (χ3v) is 22.3. The number of nitrogens with two attached hydrogens (primary N) is 6. The number of aromatic nitrogens is 2. The number of H-pyrrole nitrogens is 1. The van der Waals surface area contributed by atoms with Crippen LogP contribution in [0.3, 0.4) is 0 Å². The van der Waals surface area contributed by atoms with Gasteiger partial charge >= 0.3 is 5.97 Å². The number of carbonyl (C=O) groups is 15. The molecule has 0 aliphatic rings. The Hall–Kier alpha value is -11.0. The van der Waals surface area contributed by atoms with Gasteiger partial charge in [0.15, 0.2) is 11.9 Å². The molecule has 44 heteroatoms. The van der Waals surface area contributed by atoms with E-state index in [0.717, 1.165) is 25.7 Å². The van der Waals surface area contributed by atoms with E-state index in [0.29, 0.717) is 49.9 Å². The average Bonchev–Trinajstić information content (AvgIpc) is 0.870. The number of phenolic OH excluding ortho intramolecular Hbond substituents is 1. The number of benzene rings is 1. The molecular formula is C88H155N25O18S. The predicted molar refractivity (Wildman–Crippen MR) is 503 cm³/mol. The maximum atomic E-state index is 14.8. The van der Waals surface area contributed by atoms with E-state index < -0.39 is 186 Å². The number of hydrogen-bond acceptors (Lipinski definition) is 24. The number of aromatic amines is 1. The topological polar surface area (TPSA) is 730 Å². The smallest absolute Gasteiger partial charge is 0.305 e. The van der Waals surface area contributed by atoms with Crippen molar-refractivity contribution < 1.29 is 87.2 Å². The van der Waals surface area contributed by atoms with Gasteiger partial charge in [-0.1, -0.05) is 124 Å². The second-order valence-electron chi connectivity index (χ2n) is 34.2. The van der Waals surface area contributed by atoms with Crippen LogP contribution in [0.25, 0.3) is 0 Å². The lowest BCUT2D eigenvalue weighted by Crippen LogP contribution is -2.61. The second kappa shape index (κ2) is 68.1. The first kappa shape index (κ1) is 117. The predicted octanol–water partition coefficient (Wildman–Crippen LogP) is -0.585. The minimum absolute atomic E-state index is 0.0120. The first-order valence-corrected chi connectivity index (χ1v) is 47.9. The van der Waals surface area contributed by atoms with Crippen LogP contribution in [0.1, 0.15) is 252 Å².